The molecule has 1 fully saturated rings. The average molecular weight is 220 g/mol. The predicted molar refractivity (Wildman–Crippen MR) is 67.2 cm³/mol. The van der Waals surface area contributed by atoms with Crippen LogP contribution in [-0.4, -0.2) is 5.78 Å². The minimum Gasteiger partial charge on any atom is -0.299 e. The first-order chi connectivity index (χ1) is 7.44. The summed E-state index contributed by atoms with van der Waals surface area (Å²) in [7, 11) is 0. The molecule has 0 amide bonds. The molecule has 16 heavy (non-hydrogen) atoms. The van der Waals surface area contributed by atoms with Gasteiger partial charge in [0.05, 0.1) is 0 Å². The zero-order valence-electron chi connectivity index (χ0n) is 11.0. The van der Waals surface area contributed by atoms with E-state index in [4.69, 9.17) is 0 Å². The maximum Gasteiger partial charge on any atom is 0.136 e. The molecule has 1 saturated carbocycles. The van der Waals surface area contributed by atoms with Crippen LogP contribution in [0.3, 0.4) is 0 Å². The quantitative estimate of drug-likeness (QED) is 0.564. The molecule has 0 unspecified atom stereocenters. The van der Waals surface area contributed by atoms with Crippen molar-refractivity contribution in [1.82, 2.24) is 0 Å². The second kappa shape index (κ2) is 4.01. The Morgan fingerprint density at radius 1 is 1.31 bits per heavy atom. The van der Waals surface area contributed by atoms with Gasteiger partial charge >= 0.3 is 0 Å². The average Bonchev–Trinajstić information content (AvgIpc) is 2.43. The smallest absolute Gasteiger partial charge is 0.136 e. The maximum absolute atomic E-state index is 11.8. The minimum atomic E-state index is 0.236. The molecule has 0 aliphatic heterocycles. The zero-order valence-corrected chi connectivity index (χ0v) is 11.0. The predicted octanol–water partition coefficient (Wildman–Crippen LogP) is 3.98. The third-order valence-corrected chi connectivity index (χ3v) is 4.98. The molecule has 1 heteroatoms. The van der Waals surface area contributed by atoms with Crippen LogP contribution in [0.4, 0.5) is 0 Å². The molecule has 0 bridgehead atoms. The number of hydrogen-bond donors (Lipinski definition) is 0. The highest BCUT2D eigenvalue weighted by Crippen LogP contribution is 2.53. The van der Waals surface area contributed by atoms with Crippen LogP contribution in [0.2, 0.25) is 0 Å². The van der Waals surface area contributed by atoms with Gasteiger partial charge in [0, 0.05) is 12.3 Å². The number of ketones is 1. The molecule has 90 valence electrons. The summed E-state index contributed by atoms with van der Waals surface area (Å²) in [6.45, 7) is 9.15. The van der Waals surface area contributed by atoms with Gasteiger partial charge in [0.1, 0.15) is 5.78 Å². The fourth-order valence-corrected chi connectivity index (χ4v) is 3.62. The van der Waals surface area contributed by atoms with Gasteiger partial charge in [-0.25, -0.2) is 0 Å². The molecule has 2 aliphatic rings. The Morgan fingerprint density at radius 2 is 2.00 bits per heavy atom. The summed E-state index contributed by atoms with van der Waals surface area (Å²) in [4.78, 5) is 11.8. The number of fused-ring (bicyclic) bond motifs is 1. The molecular formula is C15H24O. The van der Waals surface area contributed by atoms with Gasteiger partial charge in [-0.3, -0.25) is 4.79 Å². The number of hydrogen-bond acceptors (Lipinski definition) is 1. The van der Waals surface area contributed by atoms with Crippen molar-refractivity contribution in [2.24, 2.45) is 23.2 Å². The molecule has 0 N–H and O–H groups in total. The van der Waals surface area contributed by atoms with Gasteiger partial charge < -0.3 is 0 Å². The van der Waals surface area contributed by atoms with E-state index >= 15 is 0 Å². The number of carbonyl (C=O) groups excluding carboxylic acids is 1. The lowest BCUT2D eigenvalue weighted by Gasteiger charge is -2.30. The first-order valence-corrected chi connectivity index (χ1v) is 6.67. The molecule has 2 aliphatic carbocycles. The van der Waals surface area contributed by atoms with Crippen molar-refractivity contribution < 1.29 is 4.79 Å². The van der Waals surface area contributed by atoms with Gasteiger partial charge in [-0.15, -0.1) is 0 Å². The van der Waals surface area contributed by atoms with Crippen LogP contribution in [-0.2, 0) is 4.79 Å². The Labute approximate surface area is 99.3 Å². The largest absolute Gasteiger partial charge is 0.299 e. The minimum absolute atomic E-state index is 0.236. The van der Waals surface area contributed by atoms with E-state index < -0.39 is 0 Å². The van der Waals surface area contributed by atoms with Gasteiger partial charge in [0.2, 0.25) is 0 Å². The Morgan fingerprint density at radius 3 is 2.69 bits per heavy atom. The van der Waals surface area contributed by atoms with Crippen molar-refractivity contribution in [1.29, 1.82) is 0 Å². The maximum atomic E-state index is 11.8. The molecule has 0 aromatic heterocycles. The van der Waals surface area contributed by atoms with E-state index in [0.717, 1.165) is 25.2 Å². The van der Waals surface area contributed by atoms with Gasteiger partial charge in [0.15, 0.2) is 0 Å². The normalized spacial score (nSPS) is 47.9. The molecule has 0 radical (unpaired) electrons. The van der Waals surface area contributed by atoms with Crippen LogP contribution < -0.4 is 0 Å². The van der Waals surface area contributed by atoms with Crippen molar-refractivity contribution in [2.45, 2.75) is 53.4 Å². The van der Waals surface area contributed by atoms with Crippen molar-refractivity contribution in [2.75, 3.05) is 0 Å². The van der Waals surface area contributed by atoms with E-state index in [0.29, 0.717) is 17.1 Å². The van der Waals surface area contributed by atoms with E-state index in [2.05, 4.69) is 33.8 Å². The lowest BCUT2D eigenvalue weighted by atomic mass is 9.75. The van der Waals surface area contributed by atoms with Crippen molar-refractivity contribution in [3.63, 3.8) is 0 Å². The van der Waals surface area contributed by atoms with Crippen LogP contribution in [0.25, 0.3) is 0 Å². The Bertz CT molecular complexity index is 328. The number of rotatable bonds is 0. The van der Waals surface area contributed by atoms with Crippen molar-refractivity contribution in [3.05, 3.63) is 11.6 Å². The summed E-state index contributed by atoms with van der Waals surface area (Å²) < 4.78 is 0. The van der Waals surface area contributed by atoms with Crippen LogP contribution in [0.1, 0.15) is 53.4 Å². The molecule has 0 heterocycles. The third-order valence-electron chi connectivity index (χ3n) is 4.98. The summed E-state index contributed by atoms with van der Waals surface area (Å²) in [6.07, 6.45) is 6.46. The first-order valence-electron chi connectivity index (χ1n) is 6.67. The second-order valence-electron chi connectivity index (χ2n) is 6.29. The molecule has 0 aromatic carbocycles. The molecule has 0 aromatic rings. The zero-order chi connectivity index (χ0) is 11.9. The fraction of sp³-hybridized carbons (Fsp3) is 0.800. The first kappa shape index (κ1) is 11.9. The highest BCUT2D eigenvalue weighted by Gasteiger charge is 2.43. The van der Waals surface area contributed by atoms with E-state index in [9.17, 15) is 4.79 Å². The van der Waals surface area contributed by atoms with E-state index in [-0.39, 0.29) is 5.92 Å². The van der Waals surface area contributed by atoms with Crippen LogP contribution in [0.15, 0.2) is 11.6 Å². The number of allylic oxidation sites excluding steroid dienone is 2. The van der Waals surface area contributed by atoms with Gasteiger partial charge in [0.25, 0.3) is 0 Å². The van der Waals surface area contributed by atoms with E-state index in [1.165, 1.54) is 6.42 Å². The van der Waals surface area contributed by atoms with Crippen molar-refractivity contribution in [3.8, 4) is 0 Å². The van der Waals surface area contributed by atoms with E-state index in [1.54, 1.807) is 5.57 Å². The molecular weight excluding hydrogens is 196 g/mol. The van der Waals surface area contributed by atoms with Crippen molar-refractivity contribution >= 4 is 5.78 Å². The summed E-state index contributed by atoms with van der Waals surface area (Å²) in [5.41, 5.74) is 1.95. The highest BCUT2D eigenvalue weighted by atomic mass is 16.1. The van der Waals surface area contributed by atoms with Gasteiger partial charge in [-0.2, -0.15) is 0 Å². The molecule has 2 rings (SSSR count). The van der Waals surface area contributed by atoms with Crippen LogP contribution >= 0.6 is 0 Å². The molecule has 4 atom stereocenters. The van der Waals surface area contributed by atoms with Crippen LogP contribution in [0.5, 0.6) is 0 Å². The Hall–Kier alpha value is -0.590. The topological polar surface area (TPSA) is 17.1 Å². The summed E-state index contributed by atoms with van der Waals surface area (Å²) in [5, 5.41) is 0. The fourth-order valence-electron chi connectivity index (χ4n) is 3.62. The highest BCUT2D eigenvalue weighted by molar-refractivity contribution is 5.81. The summed E-state index contributed by atoms with van der Waals surface area (Å²) >= 11 is 0. The summed E-state index contributed by atoms with van der Waals surface area (Å²) in [6, 6.07) is 0. The molecule has 0 spiro atoms. The lowest BCUT2D eigenvalue weighted by Crippen LogP contribution is -2.22. The Kier molecular flexibility index (Phi) is 2.98. The Balaban J connectivity index is 2.31. The standard InChI is InChI=1S/C15H24O/c1-10-5-6-13-12(3)11(2)9-15(13,4)8-7-14(10)16/h6,10-12H,5,7-9H2,1-4H3/b13-6-/t10-,11+,12-,15+/m0/s1. The van der Waals surface area contributed by atoms with Crippen LogP contribution in [0, 0.1) is 23.2 Å². The lowest BCUT2D eigenvalue weighted by molar-refractivity contribution is -0.122. The van der Waals surface area contributed by atoms with Gasteiger partial charge in [-0.1, -0.05) is 39.3 Å². The monoisotopic (exact) mass is 220 g/mol. The third kappa shape index (κ3) is 1.85. The molecule has 1 nitrogen and oxygen atoms in total. The number of carbonyl (C=O) groups is 1. The number of Topliss-reactive ketones (excluding diaryl/α,β-unsaturated/α-hetero) is 1. The molecule has 0 saturated heterocycles. The SMILES string of the molecule is C[C@@H]1C[C@@]2(C)CCC(=O)[C@@H](C)C/C=C\2[C@H]1C. The summed E-state index contributed by atoms with van der Waals surface area (Å²) in [5.74, 6) is 2.19. The van der Waals surface area contributed by atoms with Gasteiger partial charge in [-0.05, 0) is 36.5 Å². The van der Waals surface area contributed by atoms with E-state index in [1.807, 2.05) is 0 Å². The second-order valence-corrected chi connectivity index (χ2v) is 6.29.